The first kappa shape index (κ1) is 12.1. The Balaban J connectivity index is 2.25. The van der Waals surface area contributed by atoms with E-state index in [0.717, 1.165) is 11.3 Å². The summed E-state index contributed by atoms with van der Waals surface area (Å²) < 4.78 is 0. The van der Waals surface area contributed by atoms with Crippen molar-refractivity contribution in [3.05, 3.63) is 46.8 Å². The lowest BCUT2D eigenvalue weighted by molar-refractivity contribution is 0.0698. The predicted molar refractivity (Wildman–Crippen MR) is 70.1 cm³/mol. The fourth-order valence-electron chi connectivity index (χ4n) is 1.45. The van der Waals surface area contributed by atoms with Gasteiger partial charge in [0.2, 0.25) is 0 Å². The molecule has 1 aromatic carbocycles. The molecule has 1 heterocycles. The lowest BCUT2D eigenvalue weighted by Crippen LogP contribution is -2.14. The van der Waals surface area contributed by atoms with Gasteiger partial charge in [-0.25, -0.2) is 4.79 Å². The zero-order chi connectivity index (χ0) is 13.1. The first-order chi connectivity index (χ1) is 8.59. The summed E-state index contributed by atoms with van der Waals surface area (Å²) in [6.07, 6.45) is 0. The van der Waals surface area contributed by atoms with Gasteiger partial charge in [-0.15, -0.1) is 11.3 Å². The number of nitrogen functional groups attached to an aromatic ring is 1. The number of amides is 1. The van der Waals surface area contributed by atoms with E-state index in [-0.39, 0.29) is 5.56 Å². The Kier molecular flexibility index (Phi) is 3.29. The maximum absolute atomic E-state index is 11.9. The monoisotopic (exact) mass is 262 g/mol. The maximum Gasteiger partial charge on any atom is 0.338 e. The van der Waals surface area contributed by atoms with Gasteiger partial charge in [0.1, 0.15) is 5.00 Å². The number of hydrogen-bond donors (Lipinski definition) is 3. The van der Waals surface area contributed by atoms with Crippen molar-refractivity contribution in [1.29, 1.82) is 0 Å². The summed E-state index contributed by atoms with van der Waals surface area (Å²) >= 11 is 1.15. The van der Waals surface area contributed by atoms with Gasteiger partial charge in [-0.2, -0.15) is 0 Å². The zero-order valence-corrected chi connectivity index (χ0v) is 10.0. The third-order valence-corrected chi connectivity index (χ3v) is 3.16. The molecule has 92 valence electrons. The number of carbonyl (C=O) groups is 2. The molecule has 4 N–H and O–H groups in total. The second-order valence-corrected chi connectivity index (χ2v) is 4.43. The van der Waals surface area contributed by atoms with Crippen LogP contribution >= 0.6 is 11.3 Å². The number of nitrogens with two attached hydrogens (primary N) is 1. The highest BCUT2D eigenvalue weighted by molar-refractivity contribution is 7.14. The molecule has 1 amide bonds. The molecule has 1 aromatic heterocycles. The number of benzene rings is 1. The van der Waals surface area contributed by atoms with Crippen molar-refractivity contribution < 1.29 is 14.7 Å². The van der Waals surface area contributed by atoms with Crippen LogP contribution in [0.1, 0.15) is 20.7 Å². The topological polar surface area (TPSA) is 92.4 Å². The number of para-hydroxylation sites is 1. The Morgan fingerprint density at radius 1 is 1.17 bits per heavy atom. The van der Waals surface area contributed by atoms with Crippen LogP contribution in [-0.4, -0.2) is 17.0 Å². The number of nitrogens with one attached hydrogen (secondary N) is 1. The molecule has 0 saturated heterocycles. The van der Waals surface area contributed by atoms with Crippen LogP contribution in [0.25, 0.3) is 0 Å². The highest BCUT2D eigenvalue weighted by atomic mass is 32.1. The van der Waals surface area contributed by atoms with E-state index in [4.69, 9.17) is 10.8 Å². The molecule has 2 rings (SSSR count). The van der Waals surface area contributed by atoms with Gasteiger partial charge in [0, 0.05) is 5.69 Å². The maximum atomic E-state index is 11.9. The van der Waals surface area contributed by atoms with Crippen LogP contribution < -0.4 is 11.1 Å². The largest absolute Gasteiger partial charge is 0.478 e. The fourth-order valence-corrected chi connectivity index (χ4v) is 2.22. The predicted octanol–water partition coefficient (Wildman–Crippen LogP) is 2.28. The van der Waals surface area contributed by atoms with E-state index >= 15 is 0 Å². The standard InChI is InChI=1S/C12H10N2O3S/c13-9-4-2-1-3-7(9)10(15)14-11-8(12(16)17)5-6-18-11/h1-6H,13H2,(H,14,15)(H,16,17). The van der Waals surface area contributed by atoms with Crippen LogP contribution in [0.3, 0.4) is 0 Å². The number of carboxylic acids is 1. The Bertz CT molecular complexity index is 607. The van der Waals surface area contributed by atoms with Crippen LogP contribution in [0.2, 0.25) is 0 Å². The number of carbonyl (C=O) groups excluding carboxylic acids is 1. The van der Waals surface area contributed by atoms with E-state index in [1.807, 2.05) is 0 Å². The van der Waals surface area contributed by atoms with Crippen LogP contribution in [0.4, 0.5) is 10.7 Å². The minimum atomic E-state index is -1.08. The molecule has 6 heteroatoms. The van der Waals surface area contributed by atoms with Gasteiger partial charge in [-0.05, 0) is 23.6 Å². The summed E-state index contributed by atoms with van der Waals surface area (Å²) in [5, 5.41) is 13.4. The molecular weight excluding hydrogens is 252 g/mol. The van der Waals surface area contributed by atoms with Crippen molar-refractivity contribution >= 4 is 33.9 Å². The minimum absolute atomic E-state index is 0.0721. The molecule has 0 aliphatic heterocycles. The molecule has 0 aliphatic rings. The Labute approximate surface area is 107 Å². The molecule has 0 spiro atoms. The summed E-state index contributed by atoms with van der Waals surface area (Å²) in [7, 11) is 0. The van der Waals surface area contributed by atoms with Crippen molar-refractivity contribution in [2.75, 3.05) is 11.1 Å². The summed E-state index contributed by atoms with van der Waals surface area (Å²) in [5.74, 6) is -1.49. The van der Waals surface area contributed by atoms with E-state index in [0.29, 0.717) is 16.3 Å². The van der Waals surface area contributed by atoms with E-state index in [1.165, 1.54) is 6.07 Å². The molecule has 0 aliphatic carbocycles. The third-order valence-electron chi connectivity index (χ3n) is 2.33. The molecule has 0 bridgehead atoms. The molecule has 18 heavy (non-hydrogen) atoms. The van der Waals surface area contributed by atoms with Crippen molar-refractivity contribution in [2.24, 2.45) is 0 Å². The Morgan fingerprint density at radius 3 is 2.56 bits per heavy atom. The molecular formula is C12H10N2O3S. The van der Waals surface area contributed by atoms with Crippen LogP contribution in [-0.2, 0) is 0 Å². The SMILES string of the molecule is Nc1ccccc1C(=O)Nc1sccc1C(=O)O. The number of aromatic carboxylic acids is 1. The van der Waals surface area contributed by atoms with Crippen molar-refractivity contribution in [3.8, 4) is 0 Å². The number of rotatable bonds is 3. The highest BCUT2D eigenvalue weighted by Gasteiger charge is 2.15. The summed E-state index contributed by atoms with van der Waals surface area (Å²) in [6, 6.07) is 8.05. The minimum Gasteiger partial charge on any atom is -0.478 e. The van der Waals surface area contributed by atoms with Crippen LogP contribution in [0.15, 0.2) is 35.7 Å². The van der Waals surface area contributed by atoms with Gasteiger partial charge in [-0.3, -0.25) is 4.79 Å². The second kappa shape index (κ2) is 4.89. The van der Waals surface area contributed by atoms with Crippen LogP contribution in [0, 0.1) is 0 Å². The average molecular weight is 262 g/mol. The zero-order valence-electron chi connectivity index (χ0n) is 9.21. The molecule has 0 radical (unpaired) electrons. The van der Waals surface area contributed by atoms with E-state index in [9.17, 15) is 9.59 Å². The smallest absolute Gasteiger partial charge is 0.338 e. The Morgan fingerprint density at radius 2 is 1.89 bits per heavy atom. The quantitative estimate of drug-likeness (QED) is 0.740. The fraction of sp³-hybridized carbons (Fsp3) is 0. The van der Waals surface area contributed by atoms with Gasteiger partial charge in [-0.1, -0.05) is 12.1 Å². The van der Waals surface area contributed by atoms with E-state index in [2.05, 4.69) is 5.32 Å². The van der Waals surface area contributed by atoms with E-state index < -0.39 is 11.9 Å². The van der Waals surface area contributed by atoms with Gasteiger partial charge in [0.15, 0.2) is 0 Å². The van der Waals surface area contributed by atoms with Gasteiger partial charge in [0.05, 0.1) is 11.1 Å². The van der Waals surface area contributed by atoms with Gasteiger partial charge >= 0.3 is 5.97 Å². The molecule has 2 aromatic rings. The normalized spacial score (nSPS) is 10.0. The number of carboxylic acid groups (broad SMARTS) is 1. The molecule has 0 atom stereocenters. The lowest BCUT2D eigenvalue weighted by atomic mass is 10.1. The molecule has 0 saturated carbocycles. The molecule has 0 fully saturated rings. The van der Waals surface area contributed by atoms with Crippen LogP contribution in [0.5, 0.6) is 0 Å². The molecule has 0 unspecified atom stereocenters. The third kappa shape index (κ3) is 2.33. The second-order valence-electron chi connectivity index (χ2n) is 3.51. The van der Waals surface area contributed by atoms with Crippen molar-refractivity contribution in [1.82, 2.24) is 0 Å². The van der Waals surface area contributed by atoms with Gasteiger partial charge < -0.3 is 16.2 Å². The number of hydrogen-bond acceptors (Lipinski definition) is 4. The summed E-state index contributed by atoms with van der Waals surface area (Å²) in [4.78, 5) is 22.8. The lowest BCUT2D eigenvalue weighted by Gasteiger charge is -2.06. The van der Waals surface area contributed by atoms with Crippen molar-refractivity contribution in [2.45, 2.75) is 0 Å². The van der Waals surface area contributed by atoms with Gasteiger partial charge in [0.25, 0.3) is 5.91 Å². The average Bonchev–Trinajstić information content (AvgIpc) is 2.77. The summed E-state index contributed by atoms with van der Waals surface area (Å²) in [6.45, 7) is 0. The highest BCUT2D eigenvalue weighted by Crippen LogP contribution is 2.24. The summed E-state index contributed by atoms with van der Waals surface area (Å²) in [5.41, 5.74) is 6.42. The van der Waals surface area contributed by atoms with E-state index in [1.54, 1.807) is 29.6 Å². The number of anilines is 2. The van der Waals surface area contributed by atoms with Crippen molar-refractivity contribution in [3.63, 3.8) is 0 Å². The Hall–Kier alpha value is -2.34. The first-order valence-corrected chi connectivity index (χ1v) is 5.94. The first-order valence-electron chi connectivity index (χ1n) is 5.06. The number of thiophene rings is 1. The molecule has 5 nitrogen and oxygen atoms in total.